The first-order valence-electron chi connectivity index (χ1n) is 4.76. The zero-order chi connectivity index (χ0) is 12.5. The smallest absolute Gasteiger partial charge is 0.229 e. The van der Waals surface area contributed by atoms with Crippen LogP contribution in [0.15, 0.2) is 16.6 Å². The van der Waals surface area contributed by atoms with Gasteiger partial charge in [-0.25, -0.2) is 8.78 Å². The van der Waals surface area contributed by atoms with Crippen LogP contribution < -0.4 is 4.90 Å². The maximum Gasteiger partial charge on any atom is 0.229 e. The quantitative estimate of drug-likeness (QED) is 0.818. The molecule has 16 heavy (non-hydrogen) atoms. The Hall–Kier alpha value is -0.970. The van der Waals surface area contributed by atoms with Gasteiger partial charge in [-0.3, -0.25) is 4.79 Å². The van der Waals surface area contributed by atoms with Crippen LogP contribution in [0.4, 0.5) is 14.5 Å². The molecular weight excluding hydrogens is 280 g/mol. The molecule has 1 aromatic carbocycles. The van der Waals surface area contributed by atoms with E-state index in [4.69, 9.17) is 0 Å². The number of benzene rings is 1. The number of anilines is 1. The monoisotopic (exact) mass is 291 g/mol. The second-order valence-corrected chi connectivity index (χ2v) is 4.62. The van der Waals surface area contributed by atoms with Gasteiger partial charge in [0.05, 0.1) is 5.69 Å². The molecule has 0 saturated carbocycles. The molecule has 0 heterocycles. The highest BCUT2D eigenvalue weighted by Crippen LogP contribution is 2.30. The van der Waals surface area contributed by atoms with Gasteiger partial charge < -0.3 is 4.90 Å². The molecule has 0 atom stereocenters. The van der Waals surface area contributed by atoms with Crippen LogP contribution in [0.2, 0.25) is 0 Å². The summed E-state index contributed by atoms with van der Waals surface area (Å²) in [6.45, 7) is 3.43. The Bertz CT molecular complexity index is 397. The lowest BCUT2D eigenvalue weighted by Gasteiger charge is -2.21. The van der Waals surface area contributed by atoms with Crippen molar-refractivity contribution in [3.63, 3.8) is 0 Å². The molecule has 0 spiro atoms. The van der Waals surface area contributed by atoms with Crippen LogP contribution in [0.1, 0.15) is 13.8 Å². The van der Waals surface area contributed by atoms with Crippen LogP contribution >= 0.6 is 15.9 Å². The number of amides is 1. The van der Waals surface area contributed by atoms with E-state index in [0.717, 1.165) is 12.1 Å². The first-order chi connectivity index (χ1) is 7.34. The Morgan fingerprint density at radius 1 is 1.38 bits per heavy atom. The van der Waals surface area contributed by atoms with E-state index in [1.54, 1.807) is 13.8 Å². The second kappa shape index (κ2) is 4.91. The summed E-state index contributed by atoms with van der Waals surface area (Å²) < 4.78 is 26.6. The molecule has 1 rings (SSSR count). The highest BCUT2D eigenvalue weighted by atomic mass is 79.9. The summed E-state index contributed by atoms with van der Waals surface area (Å²) in [4.78, 5) is 12.9. The summed E-state index contributed by atoms with van der Waals surface area (Å²) in [6.07, 6.45) is 0. The van der Waals surface area contributed by atoms with Crippen molar-refractivity contribution in [1.82, 2.24) is 0 Å². The summed E-state index contributed by atoms with van der Waals surface area (Å²) in [5.74, 6) is -1.92. The molecule has 0 saturated heterocycles. The molecule has 2 nitrogen and oxygen atoms in total. The lowest BCUT2D eigenvalue weighted by atomic mass is 10.2. The molecule has 0 fully saturated rings. The van der Waals surface area contributed by atoms with Crippen molar-refractivity contribution in [2.24, 2.45) is 5.92 Å². The van der Waals surface area contributed by atoms with Crippen LogP contribution in [-0.4, -0.2) is 13.0 Å². The highest BCUT2D eigenvalue weighted by molar-refractivity contribution is 9.10. The number of nitrogens with zero attached hydrogens (tertiary/aromatic N) is 1. The largest absolute Gasteiger partial charge is 0.312 e. The fourth-order valence-corrected chi connectivity index (χ4v) is 2.03. The van der Waals surface area contributed by atoms with E-state index < -0.39 is 11.6 Å². The Morgan fingerprint density at radius 2 is 1.94 bits per heavy atom. The van der Waals surface area contributed by atoms with Crippen molar-refractivity contribution < 1.29 is 13.6 Å². The third kappa shape index (κ3) is 2.58. The lowest BCUT2D eigenvalue weighted by Crippen LogP contribution is -2.31. The van der Waals surface area contributed by atoms with Crippen LogP contribution in [0.3, 0.4) is 0 Å². The summed E-state index contributed by atoms with van der Waals surface area (Å²) in [5.41, 5.74) is 0.0556. The van der Waals surface area contributed by atoms with Crippen molar-refractivity contribution in [2.75, 3.05) is 11.9 Å². The summed E-state index contributed by atoms with van der Waals surface area (Å²) in [7, 11) is 1.46. The maximum atomic E-state index is 13.5. The topological polar surface area (TPSA) is 20.3 Å². The van der Waals surface area contributed by atoms with Gasteiger partial charge in [0.25, 0.3) is 0 Å². The first kappa shape index (κ1) is 13.1. The van der Waals surface area contributed by atoms with E-state index in [9.17, 15) is 13.6 Å². The van der Waals surface area contributed by atoms with Gasteiger partial charge in [0, 0.05) is 23.5 Å². The molecule has 0 aromatic heterocycles. The molecule has 5 heteroatoms. The zero-order valence-electron chi connectivity index (χ0n) is 9.22. The minimum absolute atomic E-state index is 0.0556. The minimum atomic E-state index is -0.761. The Morgan fingerprint density at radius 3 is 2.38 bits per heavy atom. The average Bonchev–Trinajstić information content (AvgIpc) is 2.14. The fourth-order valence-electron chi connectivity index (χ4n) is 1.35. The molecule has 0 unspecified atom stereocenters. The Labute approximate surface area is 101 Å². The number of halogens is 3. The van der Waals surface area contributed by atoms with Crippen molar-refractivity contribution in [3.8, 4) is 0 Å². The average molecular weight is 292 g/mol. The number of hydrogen-bond donors (Lipinski definition) is 0. The normalized spacial score (nSPS) is 10.7. The number of carbonyl (C=O) groups excluding carboxylic acids is 1. The Kier molecular flexibility index (Phi) is 4.02. The van der Waals surface area contributed by atoms with Crippen molar-refractivity contribution in [1.29, 1.82) is 0 Å². The second-order valence-electron chi connectivity index (χ2n) is 3.77. The highest BCUT2D eigenvalue weighted by Gasteiger charge is 2.20. The molecule has 0 aliphatic rings. The molecule has 1 aromatic rings. The summed E-state index contributed by atoms with van der Waals surface area (Å²) in [6, 6.07) is 1.88. The van der Waals surface area contributed by atoms with Gasteiger partial charge in [-0.2, -0.15) is 0 Å². The van der Waals surface area contributed by atoms with Crippen LogP contribution in [0.25, 0.3) is 0 Å². The molecule has 0 aliphatic carbocycles. The van der Waals surface area contributed by atoms with Gasteiger partial charge in [0.2, 0.25) is 5.91 Å². The number of carbonyl (C=O) groups is 1. The van der Waals surface area contributed by atoms with Crippen molar-refractivity contribution in [2.45, 2.75) is 13.8 Å². The molecule has 0 aliphatic heterocycles. The minimum Gasteiger partial charge on any atom is -0.312 e. The molecular formula is C11H12BrF2NO. The SMILES string of the molecule is CC(C)C(=O)N(C)c1c(F)cc(F)cc1Br. The fraction of sp³-hybridized carbons (Fsp3) is 0.364. The predicted octanol–water partition coefficient (Wildman–Crippen LogP) is 3.35. The van der Waals surface area contributed by atoms with E-state index in [1.165, 1.54) is 11.9 Å². The molecule has 88 valence electrons. The molecule has 1 amide bonds. The molecule has 0 bridgehead atoms. The van der Waals surface area contributed by atoms with Gasteiger partial charge in [-0.05, 0) is 22.0 Å². The lowest BCUT2D eigenvalue weighted by molar-refractivity contribution is -0.121. The van der Waals surface area contributed by atoms with Crippen molar-refractivity contribution >= 4 is 27.5 Å². The third-order valence-electron chi connectivity index (χ3n) is 2.14. The zero-order valence-corrected chi connectivity index (χ0v) is 10.8. The molecule has 0 radical (unpaired) electrons. The van der Waals surface area contributed by atoms with Gasteiger partial charge in [-0.15, -0.1) is 0 Å². The Balaban J connectivity index is 3.18. The third-order valence-corrected chi connectivity index (χ3v) is 2.75. The van der Waals surface area contributed by atoms with Gasteiger partial charge in [0.15, 0.2) is 5.82 Å². The van der Waals surface area contributed by atoms with E-state index >= 15 is 0 Å². The summed E-state index contributed by atoms with van der Waals surface area (Å²) >= 11 is 3.04. The molecule has 0 N–H and O–H groups in total. The van der Waals surface area contributed by atoms with Gasteiger partial charge >= 0.3 is 0 Å². The standard InChI is InChI=1S/C11H12BrF2NO/c1-6(2)11(16)15(3)10-8(12)4-7(13)5-9(10)14/h4-6H,1-3H3. The maximum absolute atomic E-state index is 13.5. The van der Waals surface area contributed by atoms with E-state index in [0.29, 0.717) is 0 Å². The van der Waals surface area contributed by atoms with E-state index in [1.807, 2.05) is 0 Å². The van der Waals surface area contributed by atoms with E-state index in [-0.39, 0.29) is 22.0 Å². The van der Waals surface area contributed by atoms with Gasteiger partial charge in [0.1, 0.15) is 5.82 Å². The van der Waals surface area contributed by atoms with Crippen molar-refractivity contribution in [3.05, 3.63) is 28.2 Å². The number of rotatable bonds is 2. The summed E-state index contributed by atoms with van der Waals surface area (Å²) in [5, 5.41) is 0. The van der Waals surface area contributed by atoms with E-state index in [2.05, 4.69) is 15.9 Å². The van der Waals surface area contributed by atoms with Crippen LogP contribution in [0, 0.1) is 17.6 Å². The number of hydrogen-bond acceptors (Lipinski definition) is 1. The predicted molar refractivity (Wildman–Crippen MR) is 62.3 cm³/mol. The van der Waals surface area contributed by atoms with Crippen LogP contribution in [-0.2, 0) is 4.79 Å². The van der Waals surface area contributed by atoms with Gasteiger partial charge in [-0.1, -0.05) is 13.8 Å². The first-order valence-corrected chi connectivity index (χ1v) is 5.56. The van der Waals surface area contributed by atoms with Crippen LogP contribution in [0.5, 0.6) is 0 Å².